The first-order valence-electron chi connectivity index (χ1n) is 9.20. The van der Waals surface area contributed by atoms with Gasteiger partial charge in [0.2, 0.25) is 0 Å². The summed E-state index contributed by atoms with van der Waals surface area (Å²) in [5.41, 5.74) is 2.33. The number of nitrogens with zero attached hydrogens (tertiary/aromatic N) is 1. The Kier molecular flexibility index (Phi) is 10.4. The van der Waals surface area contributed by atoms with Gasteiger partial charge in [-0.15, -0.1) is 0 Å². The molecule has 3 rings (SSSR count). The Hall–Kier alpha value is -1.96. The molecule has 2 aromatic rings. The van der Waals surface area contributed by atoms with Crippen LogP contribution in [0.2, 0.25) is 0 Å². The van der Waals surface area contributed by atoms with Crippen molar-refractivity contribution in [2.45, 2.75) is 52.6 Å². The summed E-state index contributed by atoms with van der Waals surface area (Å²) in [7, 11) is 4.05. The molecule has 0 amide bonds. The van der Waals surface area contributed by atoms with Crippen LogP contribution in [0, 0.1) is 0 Å². The third-order valence-corrected chi connectivity index (χ3v) is 3.83. The fourth-order valence-corrected chi connectivity index (χ4v) is 2.48. The van der Waals surface area contributed by atoms with Crippen molar-refractivity contribution < 1.29 is 4.74 Å². The number of hydrogen-bond donors (Lipinski definition) is 0. The molecule has 1 fully saturated rings. The Labute approximate surface area is 148 Å². The molecule has 2 heteroatoms. The van der Waals surface area contributed by atoms with Gasteiger partial charge in [-0.3, -0.25) is 0 Å². The maximum Gasteiger partial charge on any atom is 0.121 e. The van der Waals surface area contributed by atoms with Crippen LogP contribution >= 0.6 is 0 Å². The Morgan fingerprint density at radius 1 is 0.792 bits per heavy atom. The highest BCUT2D eigenvalue weighted by Gasteiger charge is 1.99. The van der Waals surface area contributed by atoms with E-state index in [9.17, 15) is 0 Å². The van der Waals surface area contributed by atoms with Gasteiger partial charge in [-0.05, 0) is 17.7 Å². The quantitative estimate of drug-likeness (QED) is 0.652. The van der Waals surface area contributed by atoms with Crippen molar-refractivity contribution in [3.05, 3.63) is 60.2 Å². The van der Waals surface area contributed by atoms with E-state index in [0.29, 0.717) is 6.61 Å². The molecule has 0 aromatic heterocycles. The third kappa shape index (κ3) is 8.05. The Morgan fingerprint density at radius 3 is 1.92 bits per heavy atom. The normalized spacial score (nSPS) is 12.3. The lowest BCUT2D eigenvalue weighted by Gasteiger charge is -2.14. The first-order valence-corrected chi connectivity index (χ1v) is 9.20. The van der Waals surface area contributed by atoms with Gasteiger partial charge in [0, 0.05) is 25.8 Å². The lowest BCUT2D eigenvalue weighted by Crippen LogP contribution is -2.08. The third-order valence-electron chi connectivity index (χ3n) is 3.83. The minimum absolute atomic E-state index is 0.609. The van der Waals surface area contributed by atoms with Crippen LogP contribution in [0.4, 0.5) is 5.69 Å². The molecule has 132 valence electrons. The highest BCUT2D eigenvalue weighted by molar-refractivity contribution is 5.49. The van der Waals surface area contributed by atoms with Crippen LogP contribution in [0.3, 0.4) is 0 Å². The van der Waals surface area contributed by atoms with Crippen molar-refractivity contribution in [2.75, 3.05) is 19.0 Å². The largest absolute Gasteiger partial charge is 0.489 e. The molecular weight excluding hydrogens is 294 g/mol. The highest BCUT2D eigenvalue weighted by atomic mass is 16.5. The Balaban J connectivity index is 0.000000346. The van der Waals surface area contributed by atoms with E-state index in [0.717, 1.165) is 11.4 Å². The van der Waals surface area contributed by atoms with E-state index in [-0.39, 0.29) is 0 Å². The fraction of sp³-hybridized carbons (Fsp3) is 0.455. The molecule has 0 atom stereocenters. The van der Waals surface area contributed by atoms with Gasteiger partial charge >= 0.3 is 0 Å². The van der Waals surface area contributed by atoms with E-state index in [1.165, 1.54) is 37.7 Å². The Morgan fingerprint density at radius 2 is 1.38 bits per heavy atom. The van der Waals surface area contributed by atoms with Gasteiger partial charge in [0.1, 0.15) is 12.4 Å². The molecule has 2 aromatic carbocycles. The van der Waals surface area contributed by atoms with E-state index >= 15 is 0 Å². The topological polar surface area (TPSA) is 12.5 Å². The van der Waals surface area contributed by atoms with Crippen LogP contribution in [0.5, 0.6) is 5.75 Å². The van der Waals surface area contributed by atoms with Gasteiger partial charge in [0.25, 0.3) is 0 Å². The van der Waals surface area contributed by atoms with E-state index < -0.39 is 0 Å². The van der Waals surface area contributed by atoms with Gasteiger partial charge in [0.05, 0.1) is 0 Å². The molecule has 0 saturated heterocycles. The number of hydrogen-bond acceptors (Lipinski definition) is 2. The summed E-state index contributed by atoms with van der Waals surface area (Å²) in [4.78, 5) is 2.06. The van der Waals surface area contributed by atoms with Crippen LogP contribution in [0.15, 0.2) is 54.6 Å². The average Bonchev–Trinajstić information content (AvgIpc) is 3.23. The first kappa shape index (κ1) is 20.1. The summed E-state index contributed by atoms with van der Waals surface area (Å²) in [5.74, 6) is 0.903. The molecular formula is C22H33NO. The minimum atomic E-state index is 0.609. The highest BCUT2D eigenvalue weighted by Crippen LogP contribution is 2.20. The lowest BCUT2D eigenvalue weighted by molar-refractivity contribution is 0.306. The van der Waals surface area contributed by atoms with Crippen molar-refractivity contribution in [3.63, 3.8) is 0 Å². The maximum atomic E-state index is 5.76. The molecule has 0 spiro atoms. The van der Waals surface area contributed by atoms with Crippen molar-refractivity contribution in [2.24, 2.45) is 0 Å². The second kappa shape index (κ2) is 12.5. The Bertz CT molecular complexity index is 525. The molecule has 1 aliphatic carbocycles. The molecule has 0 bridgehead atoms. The SMILES string of the molecule is C1CCCC1.CC.CN(C)c1cccc(OCc2ccccc2)c1. The summed E-state index contributed by atoms with van der Waals surface area (Å²) < 4.78 is 5.76. The van der Waals surface area contributed by atoms with E-state index in [1.807, 2.05) is 64.3 Å². The van der Waals surface area contributed by atoms with Gasteiger partial charge < -0.3 is 9.64 Å². The first-order chi connectivity index (χ1) is 11.8. The predicted molar refractivity (Wildman–Crippen MR) is 106 cm³/mol. The smallest absolute Gasteiger partial charge is 0.121 e. The summed E-state index contributed by atoms with van der Waals surface area (Å²) in [6, 6.07) is 18.3. The predicted octanol–water partition coefficient (Wildman–Crippen LogP) is 6.31. The number of benzene rings is 2. The fourth-order valence-electron chi connectivity index (χ4n) is 2.48. The van der Waals surface area contributed by atoms with Gasteiger partial charge in [-0.1, -0.05) is 82.3 Å². The lowest BCUT2D eigenvalue weighted by atomic mass is 10.2. The zero-order valence-electron chi connectivity index (χ0n) is 15.8. The van der Waals surface area contributed by atoms with Crippen LogP contribution in [0.1, 0.15) is 51.5 Å². The standard InChI is InChI=1S/C15H17NO.C5H10.C2H6/c1-16(2)14-9-6-10-15(11-14)17-12-13-7-4-3-5-8-13;1-2-4-5-3-1;1-2/h3-11H,12H2,1-2H3;1-5H2;1-2H3. The van der Waals surface area contributed by atoms with Gasteiger partial charge in [-0.2, -0.15) is 0 Å². The molecule has 1 aliphatic rings. The second-order valence-corrected chi connectivity index (χ2v) is 5.93. The monoisotopic (exact) mass is 327 g/mol. The molecule has 2 nitrogen and oxygen atoms in total. The van der Waals surface area contributed by atoms with Crippen molar-refractivity contribution in [1.29, 1.82) is 0 Å². The molecule has 1 saturated carbocycles. The van der Waals surface area contributed by atoms with E-state index in [1.54, 1.807) is 0 Å². The maximum absolute atomic E-state index is 5.76. The average molecular weight is 328 g/mol. The molecule has 0 heterocycles. The molecule has 0 unspecified atom stereocenters. The van der Waals surface area contributed by atoms with Crippen LogP contribution in [-0.4, -0.2) is 14.1 Å². The van der Waals surface area contributed by atoms with Crippen molar-refractivity contribution in [3.8, 4) is 5.75 Å². The summed E-state index contributed by atoms with van der Waals surface area (Å²) in [6.45, 7) is 4.61. The van der Waals surface area contributed by atoms with Crippen molar-refractivity contribution in [1.82, 2.24) is 0 Å². The van der Waals surface area contributed by atoms with Crippen LogP contribution < -0.4 is 9.64 Å². The summed E-state index contributed by atoms with van der Waals surface area (Å²) in [6.07, 6.45) is 7.50. The minimum Gasteiger partial charge on any atom is -0.489 e. The zero-order chi connectivity index (χ0) is 17.6. The number of rotatable bonds is 4. The molecule has 0 N–H and O–H groups in total. The summed E-state index contributed by atoms with van der Waals surface area (Å²) >= 11 is 0. The van der Waals surface area contributed by atoms with E-state index in [4.69, 9.17) is 4.74 Å². The second-order valence-electron chi connectivity index (χ2n) is 5.93. The van der Waals surface area contributed by atoms with Gasteiger partial charge in [-0.25, -0.2) is 0 Å². The van der Waals surface area contributed by atoms with Crippen LogP contribution in [-0.2, 0) is 6.61 Å². The number of anilines is 1. The number of ether oxygens (including phenoxy) is 1. The molecule has 0 aliphatic heterocycles. The zero-order valence-corrected chi connectivity index (χ0v) is 15.8. The summed E-state index contributed by atoms with van der Waals surface area (Å²) in [5, 5.41) is 0. The van der Waals surface area contributed by atoms with Gasteiger partial charge in [0.15, 0.2) is 0 Å². The molecule has 0 radical (unpaired) electrons. The van der Waals surface area contributed by atoms with E-state index in [2.05, 4.69) is 23.1 Å². The van der Waals surface area contributed by atoms with Crippen LogP contribution in [0.25, 0.3) is 0 Å². The molecule has 24 heavy (non-hydrogen) atoms. The van der Waals surface area contributed by atoms with Crippen molar-refractivity contribution >= 4 is 5.69 Å².